The fourth-order valence-electron chi connectivity index (χ4n) is 3.52. The molecule has 5 nitrogen and oxygen atoms in total. The van der Waals surface area contributed by atoms with Gasteiger partial charge in [0.2, 0.25) is 0 Å². The van der Waals surface area contributed by atoms with Crippen LogP contribution in [0.15, 0.2) is 18.2 Å². The number of hydrogen-bond donors (Lipinski definition) is 1. The zero-order valence-corrected chi connectivity index (χ0v) is 11.8. The second kappa shape index (κ2) is 5.60. The summed E-state index contributed by atoms with van der Waals surface area (Å²) in [4.78, 5) is 10.5. The highest BCUT2D eigenvalue weighted by Gasteiger charge is 2.40. The molecule has 1 N–H and O–H groups in total. The molecule has 1 atom stereocenters. The molecule has 1 unspecified atom stereocenters. The summed E-state index contributed by atoms with van der Waals surface area (Å²) in [5.74, 6) is -0.591. The van der Waals surface area contributed by atoms with E-state index >= 15 is 0 Å². The maximum absolute atomic E-state index is 13.2. The molecule has 0 bridgehead atoms. The standard InChI is InChI=1S/C15H19FN2O3/c16-11-3-4-13(14(9-11)18(19)20)17-12-5-8-21-15(10-12)6-1-2-7-15/h3-4,9,12,17H,1-2,5-8,10H2. The molecule has 1 aliphatic carbocycles. The Bertz CT molecular complexity index is 544. The van der Waals surface area contributed by atoms with Gasteiger partial charge in [0.1, 0.15) is 11.5 Å². The van der Waals surface area contributed by atoms with E-state index in [1.807, 2.05) is 0 Å². The zero-order valence-electron chi connectivity index (χ0n) is 11.8. The molecular formula is C15H19FN2O3. The van der Waals surface area contributed by atoms with Crippen LogP contribution in [0.5, 0.6) is 0 Å². The molecule has 114 valence electrons. The van der Waals surface area contributed by atoms with Crippen molar-refractivity contribution in [3.8, 4) is 0 Å². The average molecular weight is 294 g/mol. The van der Waals surface area contributed by atoms with Crippen LogP contribution in [0.2, 0.25) is 0 Å². The Labute approximate surface area is 122 Å². The molecule has 2 aliphatic rings. The number of hydrogen-bond acceptors (Lipinski definition) is 4. The van der Waals surface area contributed by atoms with Crippen molar-refractivity contribution < 1.29 is 14.1 Å². The summed E-state index contributed by atoms with van der Waals surface area (Å²) in [6.07, 6.45) is 6.18. The normalized spacial score (nSPS) is 24.1. The van der Waals surface area contributed by atoms with E-state index in [9.17, 15) is 14.5 Å². The molecule has 0 radical (unpaired) electrons. The van der Waals surface area contributed by atoms with Gasteiger partial charge >= 0.3 is 0 Å². The fraction of sp³-hybridized carbons (Fsp3) is 0.600. The van der Waals surface area contributed by atoms with Crippen molar-refractivity contribution in [1.82, 2.24) is 0 Å². The molecule has 1 saturated heterocycles. The number of nitro benzene ring substituents is 1. The van der Waals surface area contributed by atoms with Crippen molar-refractivity contribution in [2.75, 3.05) is 11.9 Å². The van der Waals surface area contributed by atoms with Crippen LogP contribution in [0.1, 0.15) is 38.5 Å². The van der Waals surface area contributed by atoms with E-state index in [1.165, 1.54) is 25.0 Å². The summed E-state index contributed by atoms with van der Waals surface area (Å²) < 4.78 is 19.1. The molecule has 1 aliphatic heterocycles. The van der Waals surface area contributed by atoms with Gasteiger partial charge in [-0.05, 0) is 37.8 Å². The van der Waals surface area contributed by atoms with Crippen molar-refractivity contribution in [2.24, 2.45) is 0 Å². The lowest BCUT2D eigenvalue weighted by Crippen LogP contribution is -2.42. The minimum atomic E-state index is -0.591. The minimum absolute atomic E-state index is 0.0509. The van der Waals surface area contributed by atoms with Crippen LogP contribution in [0.3, 0.4) is 0 Å². The van der Waals surface area contributed by atoms with Gasteiger partial charge in [-0.15, -0.1) is 0 Å². The number of anilines is 1. The molecule has 3 rings (SSSR count). The Morgan fingerprint density at radius 1 is 1.38 bits per heavy atom. The van der Waals surface area contributed by atoms with Crippen LogP contribution in [0, 0.1) is 15.9 Å². The second-order valence-corrected chi connectivity index (χ2v) is 5.99. The first-order valence-corrected chi connectivity index (χ1v) is 7.42. The first-order chi connectivity index (χ1) is 10.1. The third-order valence-electron chi connectivity index (χ3n) is 4.52. The summed E-state index contributed by atoms with van der Waals surface area (Å²) >= 11 is 0. The highest BCUT2D eigenvalue weighted by Crippen LogP contribution is 2.41. The van der Waals surface area contributed by atoms with Crippen molar-refractivity contribution >= 4 is 11.4 Å². The van der Waals surface area contributed by atoms with Gasteiger partial charge in [-0.1, -0.05) is 12.8 Å². The van der Waals surface area contributed by atoms with Gasteiger partial charge in [-0.2, -0.15) is 0 Å². The lowest BCUT2D eigenvalue weighted by molar-refractivity contribution is -0.384. The third-order valence-corrected chi connectivity index (χ3v) is 4.52. The lowest BCUT2D eigenvalue weighted by Gasteiger charge is -2.38. The highest BCUT2D eigenvalue weighted by molar-refractivity contribution is 5.61. The SMILES string of the molecule is O=[N+]([O-])c1cc(F)ccc1NC1CCOC2(CCCC2)C1. The summed E-state index contributed by atoms with van der Waals surface area (Å²) in [6, 6.07) is 3.80. The highest BCUT2D eigenvalue weighted by atomic mass is 19.1. The molecule has 0 aromatic heterocycles. The van der Waals surface area contributed by atoms with Gasteiger partial charge in [0.15, 0.2) is 0 Å². The van der Waals surface area contributed by atoms with E-state index in [-0.39, 0.29) is 17.3 Å². The van der Waals surface area contributed by atoms with Crippen molar-refractivity contribution in [2.45, 2.75) is 50.2 Å². The van der Waals surface area contributed by atoms with Gasteiger partial charge in [-0.3, -0.25) is 10.1 Å². The van der Waals surface area contributed by atoms with E-state index in [4.69, 9.17) is 4.74 Å². The van der Waals surface area contributed by atoms with Crippen molar-refractivity contribution in [3.05, 3.63) is 34.1 Å². The van der Waals surface area contributed by atoms with E-state index in [2.05, 4.69) is 5.32 Å². The number of halogens is 1. The summed E-state index contributed by atoms with van der Waals surface area (Å²) in [7, 11) is 0. The van der Waals surface area contributed by atoms with Gasteiger partial charge < -0.3 is 10.1 Å². The molecule has 1 aromatic rings. The van der Waals surface area contributed by atoms with E-state index in [1.54, 1.807) is 0 Å². The number of nitro groups is 1. The van der Waals surface area contributed by atoms with Crippen LogP contribution in [-0.2, 0) is 4.74 Å². The number of ether oxygens (including phenoxy) is 1. The molecule has 1 spiro atoms. The molecule has 21 heavy (non-hydrogen) atoms. The Balaban J connectivity index is 1.75. The van der Waals surface area contributed by atoms with Crippen LogP contribution in [0.4, 0.5) is 15.8 Å². The smallest absolute Gasteiger partial charge is 0.295 e. The largest absolute Gasteiger partial charge is 0.377 e. The van der Waals surface area contributed by atoms with Crippen LogP contribution >= 0.6 is 0 Å². The first-order valence-electron chi connectivity index (χ1n) is 7.42. The third kappa shape index (κ3) is 3.00. The maximum Gasteiger partial charge on any atom is 0.295 e. The van der Waals surface area contributed by atoms with Crippen LogP contribution < -0.4 is 5.32 Å². The minimum Gasteiger partial charge on any atom is -0.377 e. The molecular weight excluding hydrogens is 275 g/mol. The Morgan fingerprint density at radius 2 is 2.14 bits per heavy atom. The quantitative estimate of drug-likeness (QED) is 0.683. The van der Waals surface area contributed by atoms with Crippen LogP contribution in [0.25, 0.3) is 0 Å². The van der Waals surface area contributed by atoms with Gasteiger partial charge in [-0.25, -0.2) is 4.39 Å². The Kier molecular flexibility index (Phi) is 3.80. The number of nitrogens with one attached hydrogen (secondary N) is 1. The topological polar surface area (TPSA) is 64.4 Å². The van der Waals surface area contributed by atoms with E-state index in [0.29, 0.717) is 12.3 Å². The molecule has 6 heteroatoms. The number of nitrogens with zero attached hydrogens (tertiary/aromatic N) is 1. The van der Waals surface area contributed by atoms with E-state index in [0.717, 1.165) is 31.7 Å². The monoisotopic (exact) mass is 294 g/mol. The lowest BCUT2D eigenvalue weighted by atomic mass is 9.89. The summed E-state index contributed by atoms with van der Waals surface area (Å²) in [5, 5.41) is 14.3. The maximum atomic E-state index is 13.2. The van der Waals surface area contributed by atoms with E-state index < -0.39 is 10.7 Å². The molecule has 1 aromatic carbocycles. The first kappa shape index (κ1) is 14.3. The van der Waals surface area contributed by atoms with Crippen molar-refractivity contribution in [3.63, 3.8) is 0 Å². The molecule has 1 heterocycles. The average Bonchev–Trinajstić information content (AvgIpc) is 2.88. The number of benzene rings is 1. The zero-order chi connectivity index (χ0) is 14.9. The second-order valence-electron chi connectivity index (χ2n) is 5.99. The number of rotatable bonds is 3. The predicted molar refractivity (Wildman–Crippen MR) is 76.9 cm³/mol. The van der Waals surface area contributed by atoms with Crippen molar-refractivity contribution in [1.29, 1.82) is 0 Å². The molecule has 2 fully saturated rings. The molecule has 1 saturated carbocycles. The predicted octanol–water partition coefficient (Wildman–Crippen LogP) is 3.64. The van der Waals surface area contributed by atoms with Gasteiger partial charge in [0, 0.05) is 12.6 Å². The molecule has 0 amide bonds. The summed E-state index contributed by atoms with van der Waals surface area (Å²) in [6.45, 7) is 0.673. The van der Waals surface area contributed by atoms with Crippen LogP contribution in [-0.4, -0.2) is 23.2 Å². The summed E-state index contributed by atoms with van der Waals surface area (Å²) in [5.41, 5.74) is 0.133. The fourth-order valence-corrected chi connectivity index (χ4v) is 3.52. The van der Waals surface area contributed by atoms with Gasteiger partial charge in [0.05, 0.1) is 16.6 Å². The Hall–Kier alpha value is -1.69. The van der Waals surface area contributed by atoms with Gasteiger partial charge in [0.25, 0.3) is 5.69 Å². The Morgan fingerprint density at radius 3 is 2.86 bits per heavy atom.